The summed E-state index contributed by atoms with van der Waals surface area (Å²) in [7, 11) is 8.37. The number of fused-ring (bicyclic) bond motifs is 2. The van der Waals surface area contributed by atoms with E-state index in [4.69, 9.17) is 0 Å². The first-order valence-electron chi connectivity index (χ1n) is 27.7. The summed E-state index contributed by atoms with van der Waals surface area (Å²) in [5.74, 6) is -7.81. The molecule has 0 radical (unpaired) electrons. The molecule has 2 aromatic heterocycles. The van der Waals surface area contributed by atoms with E-state index in [0.717, 1.165) is 19.6 Å². The van der Waals surface area contributed by atoms with Gasteiger partial charge in [-0.3, -0.25) is 57.9 Å². The Morgan fingerprint density at radius 2 is 0.768 bits per heavy atom. The van der Waals surface area contributed by atoms with E-state index in [1.54, 1.807) is 48.5 Å². The van der Waals surface area contributed by atoms with Crippen LogP contribution in [0, 0.1) is 23.7 Å². The van der Waals surface area contributed by atoms with E-state index in [2.05, 4.69) is 41.2 Å². The summed E-state index contributed by atoms with van der Waals surface area (Å²) in [6.45, 7) is 12.7. The van der Waals surface area contributed by atoms with Crippen LogP contribution >= 0.6 is 0 Å². The Hall–Kier alpha value is -8.18. The molecule has 4 aromatic rings. The van der Waals surface area contributed by atoms with Crippen LogP contribution in [-0.4, -0.2) is 213 Å². The third-order valence-corrected chi connectivity index (χ3v) is 14.3. The predicted molar refractivity (Wildman–Crippen MR) is 307 cm³/mol. The van der Waals surface area contributed by atoms with Crippen molar-refractivity contribution in [3.8, 4) is 0 Å². The zero-order valence-corrected chi connectivity index (χ0v) is 49.8. The molecule has 1 aliphatic heterocycles. The molecule has 10 amide bonds. The molecule has 6 atom stereocenters. The van der Waals surface area contributed by atoms with Gasteiger partial charge in [-0.25, -0.2) is 9.97 Å². The van der Waals surface area contributed by atoms with Crippen molar-refractivity contribution in [1.29, 1.82) is 0 Å². The summed E-state index contributed by atoms with van der Waals surface area (Å²) in [6.07, 6.45) is 2.98. The second-order valence-electron chi connectivity index (χ2n) is 22.9. The molecule has 0 aliphatic carbocycles. The van der Waals surface area contributed by atoms with Crippen LogP contribution in [0.5, 0.6) is 0 Å². The maximum atomic E-state index is 14.9. The lowest BCUT2D eigenvalue weighted by atomic mass is 9.99. The first-order valence-corrected chi connectivity index (χ1v) is 27.7. The van der Waals surface area contributed by atoms with Crippen molar-refractivity contribution in [3.63, 3.8) is 0 Å². The Morgan fingerprint density at radius 3 is 1.09 bits per heavy atom. The van der Waals surface area contributed by atoms with E-state index in [1.807, 2.05) is 55.4 Å². The number of benzene rings is 2. The fraction of sp³-hybridized carbons (Fsp3) is 0.552. The van der Waals surface area contributed by atoms with Crippen LogP contribution in [0.15, 0.2) is 60.9 Å². The average molecular weight is 1140 g/mol. The molecule has 444 valence electrons. The Kier molecular flexibility index (Phi) is 22.9. The fourth-order valence-electron chi connectivity index (χ4n) is 9.60. The summed E-state index contributed by atoms with van der Waals surface area (Å²) >= 11 is 0. The Labute approximate surface area is 479 Å². The van der Waals surface area contributed by atoms with Crippen LogP contribution in [0.1, 0.15) is 102 Å². The summed E-state index contributed by atoms with van der Waals surface area (Å²) in [5.41, 5.74) is 1.58. The normalized spacial score (nSPS) is 21.6. The van der Waals surface area contributed by atoms with Crippen molar-refractivity contribution >= 4 is 81.1 Å². The van der Waals surface area contributed by atoms with Gasteiger partial charge in [-0.05, 0) is 73.6 Å². The second-order valence-corrected chi connectivity index (χ2v) is 22.9. The molecule has 1 fully saturated rings. The van der Waals surface area contributed by atoms with Gasteiger partial charge in [-0.2, -0.15) is 0 Å². The number of carbonyl (C=O) groups is 10. The molecule has 2 aromatic carbocycles. The maximum Gasteiger partial charge on any atom is 0.272 e. The van der Waals surface area contributed by atoms with Crippen LogP contribution in [0.4, 0.5) is 0 Å². The number of hydrogen-bond acceptors (Lipinski definition) is 14. The standard InChI is InChI=1S/C58H82N14O10/c1-33(2)23-45-53(77)61-29-43(65-51(75)41-27-59-37-19-15-17-21-39(37)63-41)55(79)71(13)48(26-36(7)8)58(82)68(10)32-50(74)70(12)46(24-34(3)4)54(78)62-30-44(66-52(76)42-28-60-38-20-16-18-22-40(38)64-42)56(80)72(14)47(25-35(5)6)57(81)67(9)31-49(73)69(45)11/h15-22,27-28,33-36,43-48H,23-26,29-32H2,1-14H3,(H,61,77)(H,62,78)(H,65,75)(H,66,76)/t43-,44-,45-,46-,47-,48-/m0/s1. The lowest BCUT2D eigenvalue weighted by Gasteiger charge is -2.36. The number of carbonyl (C=O) groups excluding carboxylic acids is 10. The molecule has 0 bridgehead atoms. The molecule has 82 heavy (non-hydrogen) atoms. The third kappa shape index (κ3) is 16.9. The van der Waals surface area contributed by atoms with E-state index in [-0.39, 0.29) is 60.7 Å². The monoisotopic (exact) mass is 1130 g/mol. The van der Waals surface area contributed by atoms with Gasteiger partial charge >= 0.3 is 0 Å². The van der Waals surface area contributed by atoms with Crippen LogP contribution in [0.25, 0.3) is 22.1 Å². The van der Waals surface area contributed by atoms with Crippen molar-refractivity contribution in [3.05, 3.63) is 72.3 Å². The highest BCUT2D eigenvalue weighted by Crippen LogP contribution is 2.20. The Balaban J connectivity index is 1.58. The predicted octanol–water partition coefficient (Wildman–Crippen LogP) is 2.13. The fourth-order valence-corrected chi connectivity index (χ4v) is 9.60. The minimum Gasteiger partial charge on any atom is -0.352 e. The highest BCUT2D eigenvalue weighted by atomic mass is 16.2. The third-order valence-electron chi connectivity index (χ3n) is 14.3. The number of aromatic nitrogens is 4. The lowest BCUT2D eigenvalue weighted by Crippen LogP contribution is -2.60. The molecule has 3 heterocycles. The molecule has 0 unspecified atom stereocenters. The molecular formula is C58H82N14O10. The van der Waals surface area contributed by atoms with Crippen molar-refractivity contribution in [2.45, 2.75) is 117 Å². The van der Waals surface area contributed by atoms with Crippen LogP contribution in [0.3, 0.4) is 0 Å². The lowest BCUT2D eigenvalue weighted by molar-refractivity contribution is -0.149. The van der Waals surface area contributed by atoms with Gasteiger partial charge in [0.1, 0.15) is 47.6 Å². The molecule has 4 N–H and O–H groups in total. The quantitative estimate of drug-likeness (QED) is 0.158. The minimum atomic E-state index is -1.52. The summed E-state index contributed by atoms with van der Waals surface area (Å²) in [5, 5.41) is 10.9. The molecule has 0 spiro atoms. The Morgan fingerprint density at radius 1 is 0.463 bits per heavy atom. The highest BCUT2D eigenvalue weighted by molar-refractivity contribution is 6.01. The first-order chi connectivity index (χ1) is 38.6. The number of hydrogen-bond donors (Lipinski definition) is 4. The number of likely N-dealkylation sites (N-methyl/N-ethyl adjacent to an activating group) is 6. The van der Waals surface area contributed by atoms with Crippen LogP contribution in [-0.2, 0) is 38.4 Å². The van der Waals surface area contributed by atoms with Gasteiger partial charge in [0, 0.05) is 55.4 Å². The van der Waals surface area contributed by atoms with E-state index < -0.39 is 122 Å². The van der Waals surface area contributed by atoms with Gasteiger partial charge in [-0.15, -0.1) is 0 Å². The van der Waals surface area contributed by atoms with Gasteiger partial charge in [0.25, 0.3) is 11.8 Å². The molecule has 1 saturated heterocycles. The number of rotatable bonds is 12. The van der Waals surface area contributed by atoms with E-state index >= 15 is 0 Å². The SMILES string of the molecule is CC(C)C[C@H]1C(=O)NC[C@H](NC(=O)c2cnc3ccccc3n2)C(=O)N(C)[C@@H](CC(C)C)C(=O)N(C)CC(=O)N(C)[C@@H](CC(C)C)C(=O)NC[C@H](NC(=O)c2cnc3ccccc3n2)C(=O)N(C)[C@@H](CC(C)C)C(=O)N(C)CC(=O)N1C. The number of nitrogens with one attached hydrogen (secondary N) is 4. The largest absolute Gasteiger partial charge is 0.352 e. The molecule has 1 aliphatic rings. The summed E-state index contributed by atoms with van der Waals surface area (Å²) in [4.78, 5) is 169. The molecule has 5 rings (SSSR count). The second kappa shape index (κ2) is 29.0. The molecule has 0 saturated carbocycles. The zero-order valence-electron chi connectivity index (χ0n) is 49.8. The van der Waals surface area contributed by atoms with E-state index in [1.165, 1.54) is 64.5 Å². The smallest absolute Gasteiger partial charge is 0.272 e. The van der Waals surface area contributed by atoms with Gasteiger partial charge in [0.15, 0.2) is 0 Å². The van der Waals surface area contributed by atoms with Crippen LogP contribution < -0.4 is 21.3 Å². The van der Waals surface area contributed by atoms with Crippen molar-refractivity contribution in [2.75, 3.05) is 68.5 Å². The van der Waals surface area contributed by atoms with Gasteiger partial charge in [0.2, 0.25) is 47.3 Å². The number of para-hydroxylation sites is 4. The average Bonchev–Trinajstić information content (AvgIpc) is 3.56. The van der Waals surface area contributed by atoms with Crippen LogP contribution in [0.2, 0.25) is 0 Å². The number of amides is 10. The topological polar surface area (TPSA) is 290 Å². The number of nitrogens with zero attached hydrogens (tertiary/aromatic N) is 10. The van der Waals surface area contributed by atoms with Crippen molar-refractivity contribution in [1.82, 2.24) is 70.6 Å². The van der Waals surface area contributed by atoms with E-state index in [9.17, 15) is 47.9 Å². The minimum absolute atomic E-state index is 0.106. The Bertz CT molecular complexity index is 2790. The maximum absolute atomic E-state index is 14.9. The van der Waals surface area contributed by atoms with Gasteiger partial charge < -0.3 is 50.7 Å². The van der Waals surface area contributed by atoms with Gasteiger partial charge in [-0.1, -0.05) is 79.7 Å². The van der Waals surface area contributed by atoms with Crippen molar-refractivity contribution in [2.24, 2.45) is 23.7 Å². The first kappa shape index (κ1) is 64.6. The van der Waals surface area contributed by atoms with Crippen molar-refractivity contribution < 1.29 is 47.9 Å². The summed E-state index contributed by atoms with van der Waals surface area (Å²) in [6, 6.07) is 5.97. The van der Waals surface area contributed by atoms with Gasteiger partial charge in [0.05, 0.1) is 47.6 Å². The molecule has 24 nitrogen and oxygen atoms in total. The summed E-state index contributed by atoms with van der Waals surface area (Å²) < 4.78 is 0. The zero-order chi connectivity index (χ0) is 60.9. The molecule has 24 heteroatoms. The highest BCUT2D eigenvalue weighted by Gasteiger charge is 2.40. The van der Waals surface area contributed by atoms with E-state index in [0.29, 0.717) is 22.1 Å². The molecular weight excluding hydrogens is 1050 g/mol.